The van der Waals surface area contributed by atoms with Crippen molar-refractivity contribution in [1.82, 2.24) is 15.1 Å². The third kappa shape index (κ3) is 7.90. The largest absolute Gasteiger partial charge is 0.356 e. The van der Waals surface area contributed by atoms with Gasteiger partial charge in [-0.15, -0.1) is 0 Å². The Kier molecular flexibility index (Phi) is 8.45. The monoisotopic (exact) mass is 464 g/mol. The molecule has 3 rings (SSSR count). The predicted octanol–water partition coefficient (Wildman–Crippen LogP) is 1.85. The van der Waals surface area contributed by atoms with Gasteiger partial charge in [-0.1, -0.05) is 35.9 Å². The standard InChI is InChI=1S/C22H29ClN4O3S/c23-20-3-1-2-19(16-20)17-27-14-12-26(13-15-27)11-9-22(28)25-10-8-18-4-6-21(7-5-18)31(24,29)30/h1-7,16H,8-15,17H2,(H,25,28)(H2,24,29,30). The number of carbonyl (C=O) groups excluding carboxylic acids is 1. The Balaban J connectivity index is 1.30. The van der Waals surface area contributed by atoms with Crippen LogP contribution in [0.3, 0.4) is 0 Å². The maximum absolute atomic E-state index is 12.1. The van der Waals surface area contributed by atoms with Crippen LogP contribution in [0.15, 0.2) is 53.4 Å². The molecular formula is C22H29ClN4O3S. The number of halogens is 1. The van der Waals surface area contributed by atoms with Crippen LogP contribution in [0, 0.1) is 0 Å². The first-order valence-electron chi connectivity index (χ1n) is 10.4. The summed E-state index contributed by atoms with van der Waals surface area (Å²) in [6.07, 6.45) is 1.11. The summed E-state index contributed by atoms with van der Waals surface area (Å²) < 4.78 is 22.5. The molecule has 0 unspecified atom stereocenters. The van der Waals surface area contributed by atoms with Gasteiger partial charge < -0.3 is 10.2 Å². The zero-order chi connectivity index (χ0) is 22.3. The third-order valence-corrected chi connectivity index (χ3v) is 6.57. The Hall–Kier alpha value is -1.97. The van der Waals surface area contributed by atoms with Crippen molar-refractivity contribution in [3.63, 3.8) is 0 Å². The number of hydrogen-bond donors (Lipinski definition) is 2. The second-order valence-corrected chi connectivity index (χ2v) is 9.78. The van der Waals surface area contributed by atoms with Crippen LogP contribution in [0.4, 0.5) is 0 Å². The number of hydrogen-bond acceptors (Lipinski definition) is 5. The summed E-state index contributed by atoms with van der Waals surface area (Å²) in [5, 5.41) is 8.79. The fourth-order valence-electron chi connectivity index (χ4n) is 3.60. The van der Waals surface area contributed by atoms with Gasteiger partial charge in [-0.05, 0) is 41.8 Å². The average molecular weight is 465 g/mol. The molecule has 0 aromatic heterocycles. The van der Waals surface area contributed by atoms with E-state index in [1.165, 1.54) is 17.7 Å². The molecule has 1 saturated heterocycles. The first-order chi connectivity index (χ1) is 14.8. The van der Waals surface area contributed by atoms with Crippen LogP contribution in [0.25, 0.3) is 0 Å². The number of amides is 1. The van der Waals surface area contributed by atoms with Crippen molar-refractivity contribution in [2.24, 2.45) is 5.14 Å². The van der Waals surface area contributed by atoms with E-state index in [4.69, 9.17) is 16.7 Å². The predicted molar refractivity (Wildman–Crippen MR) is 122 cm³/mol. The van der Waals surface area contributed by atoms with Crippen LogP contribution >= 0.6 is 11.6 Å². The van der Waals surface area contributed by atoms with Crippen molar-refractivity contribution >= 4 is 27.5 Å². The van der Waals surface area contributed by atoms with Crippen LogP contribution in [0.2, 0.25) is 5.02 Å². The minimum atomic E-state index is -3.68. The van der Waals surface area contributed by atoms with E-state index in [2.05, 4.69) is 21.2 Å². The maximum Gasteiger partial charge on any atom is 0.238 e. The highest BCUT2D eigenvalue weighted by Gasteiger charge is 2.17. The lowest BCUT2D eigenvalue weighted by Crippen LogP contribution is -2.46. The number of piperazine rings is 1. The molecule has 168 valence electrons. The number of sulfonamides is 1. The van der Waals surface area contributed by atoms with E-state index in [1.54, 1.807) is 12.1 Å². The summed E-state index contributed by atoms with van der Waals surface area (Å²) in [4.78, 5) is 17.0. The number of benzene rings is 2. The van der Waals surface area contributed by atoms with E-state index in [0.717, 1.165) is 49.9 Å². The third-order valence-electron chi connectivity index (χ3n) is 5.40. The lowest BCUT2D eigenvalue weighted by atomic mass is 10.1. The fraction of sp³-hybridized carbons (Fsp3) is 0.409. The van der Waals surface area contributed by atoms with Gasteiger partial charge in [0.05, 0.1) is 4.90 Å². The molecule has 0 bridgehead atoms. The molecule has 7 nitrogen and oxygen atoms in total. The van der Waals surface area contributed by atoms with Gasteiger partial charge in [-0.3, -0.25) is 9.69 Å². The molecule has 0 radical (unpaired) electrons. The van der Waals surface area contributed by atoms with Gasteiger partial charge in [0.25, 0.3) is 0 Å². The second kappa shape index (κ2) is 11.1. The van der Waals surface area contributed by atoms with E-state index in [-0.39, 0.29) is 10.8 Å². The van der Waals surface area contributed by atoms with Crippen molar-refractivity contribution < 1.29 is 13.2 Å². The smallest absolute Gasteiger partial charge is 0.238 e. The highest BCUT2D eigenvalue weighted by Crippen LogP contribution is 2.14. The van der Waals surface area contributed by atoms with Crippen LogP contribution < -0.4 is 10.5 Å². The van der Waals surface area contributed by atoms with Gasteiger partial charge in [-0.25, -0.2) is 13.6 Å². The molecule has 1 aliphatic heterocycles. The van der Waals surface area contributed by atoms with Gasteiger partial charge in [0.15, 0.2) is 0 Å². The number of nitrogens with zero attached hydrogens (tertiary/aromatic N) is 2. The molecule has 1 amide bonds. The summed E-state index contributed by atoms with van der Waals surface area (Å²) in [6.45, 7) is 6.01. The summed E-state index contributed by atoms with van der Waals surface area (Å²) >= 11 is 6.06. The zero-order valence-electron chi connectivity index (χ0n) is 17.5. The Bertz CT molecular complexity index is 975. The molecule has 0 aliphatic carbocycles. The van der Waals surface area contributed by atoms with Crippen molar-refractivity contribution in [3.05, 3.63) is 64.7 Å². The Morgan fingerprint density at radius 2 is 1.68 bits per heavy atom. The number of nitrogens with one attached hydrogen (secondary N) is 1. The minimum absolute atomic E-state index is 0.0301. The molecule has 0 atom stereocenters. The van der Waals surface area contributed by atoms with Crippen molar-refractivity contribution in [1.29, 1.82) is 0 Å². The molecule has 3 N–H and O–H groups in total. The zero-order valence-corrected chi connectivity index (χ0v) is 19.0. The number of primary sulfonamides is 1. The SMILES string of the molecule is NS(=O)(=O)c1ccc(CCNC(=O)CCN2CCN(Cc3cccc(Cl)c3)CC2)cc1. The van der Waals surface area contributed by atoms with Crippen molar-refractivity contribution in [2.45, 2.75) is 24.3 Å². The Morgan fingerprint density at radius 1 is 1.00 bits per heavy atom. The highest BCUT2D eigenvalue weighted by atomic mass is 35.5. The van der Waals surface area contributed by atoms with Crippen molar-refractivity contribution in [3.8, 4) is 0 Å². The van der Waals surface area contributed by atoms with E-state index in [0.29, 0.717) is 19.4 Å². The van der Waals surface area contributed by atoms with E-state index in [9.17, 15) is 13.2 Å². The van der Waals surface area contributed by atoms with Crippen LogP contribution in [-0.4, -0.2) is 63.4 Å². The van der Waals surface area contributed by atoms with Crippen LogP contribution in [-0.2, 0) is 27.8 Å². The first kappa shape index (κ1) is 23.7. The van der Waals surface area contributed by atoms with Gasteiger partial charge in [0, 0.05) is 57.3 Å². The Morgan fingerprint density at radius 3 is 2.32 bits per heavy atom. The average Bonchev–Trinajstić information content (AvgIpc) is 2.73. The molecule has 1 heterocycles. The van der Waals surface area contributed by atoms with Crippen LogP contribution in [0.1, 0.15) is 17.5 Å². The molecule has 9 heteroatoms. The molecule has 31 heavy (non-hydrogen) atoms. The van der Waals surface area contributed by atoms with Gasteiger partial charge in [0.1, 0.15) is 0 Å². The highest BCUT2D eigenvalue weighted by molar-refractivity contribution is 7.89. The second-order valence-electron chi connectivity index (χ2n) is 7.79. The normalized spacial score (nSPS) is 15.7. The van der Waals surface area contributed by atoms with E-state index >= 15 is 0 Å². The summed E-state index contributed by atoms with van der Waals surface area (Å²) in [7, 11) is -3.68. The quantitative estimate of drug-likeness (QED) is 0.590. The molecule has 0 saturated carbocycles. The first-order valence-corrected chi connectivity index (χ1v) is 12.3. The van der Waals surface area contributed by atoms with Gasteiger partial charge in [-0.2, -0.15) is 0 Å². The Labute approximate surface area is 189 Å². The number of nitrogens with two attached hydrogens (primary N) is 1. The summed E-state index contributed by atoms with van der Waals surface area (Å²) in [5.41, 5.74) is 2.17. The van der Waals surface area contributed by atoms with Crippen molar-refractivity contribution in [2.75, 3.05) is 39.3 Å². The number of carbonyl (C=O) groups is 1. The van der Waals surface area contributed by atoms with Crippen LogP contribution in [0.5, 0.6) is 0 Å². The minimum Gasteiger partial charge on any atom is -0.356 e. The topological polar surface area (TPSA) is 95.7 Å². The molecule has 1 fully saturated rings. The lowest BCUT2D eigenvalue weighted by Gasteiger charge is -2.34. The van der Waals surface area contributed by atoms with E-state index in [1.807, 2.05) is 18.2 Å². The molecule has 0 spiro atoms. The van der Waals surface area contributed by atoms with Gasteiger partial charge in [0.2, 0.25) is 15.9 Å². The summed E-state index contributed by atoms with van der Waals surface area (Å²) in [6, 6.07) is 14.4. The van der Waals surface area contributed by atoms with E-state index < -0.39 is 10.0 Å². The molecular weight excluding hydrogens is 436 g/mol. The molecule has 1 aliphatic rings. The van der Waals surface area contributed by atoms with Gasteiger partial charge >= 0.3 is 0 Å². The number of rotatable bonds is 9. The molecule has 2 aromatic rings. The maximum atomic E-state index is 12.1. The lowest BCUT2D eigenvalue weighted by molar-refractivity contribution is -0.121. The summed E-state index contributed by atoms with van der Waals surface area (Å²) in [5.74, 6) is 0.0301. The molecule has 2 aromatic carbocycles. The fourth-order valence-corrected chi connectivity index (χ4v) is 4.33.